The standard InChI is InChI=1S/C25H36N4/c1-3-23-8-4-5-18-29(23)25-15-11-22(12-16-25)27-26-21-9-13-24(14-10-21)28-17-6-7-20(2)19-28/h9-16,20,23,26-27H,3-8,17-19H2,1-2H3. The molecule has 0 bridgehead atoms. The molecule has 2 atom stereocenters. The van der Waals surface area contributed by atoms with Crippen molar-refractivity contribution in [2.75, 3.05) is 40.3 Å². The zero-order chi connectivity index (χ0) is 20.1. The molecule has 2 aliphatic rings. The van der Waals surface area contributed by atoms with E-state index >= 15 is 0 Å². The van der Waals surface area contributed by atoms with Gasteiger partial charge in [-0.3, -0.25) is 0 Å². The van der Waals surface area contributed by atoms with Gasteiger partial charge in [-0.1, -0.05) is 13.8 Å². The van der Waals surface area contributed by atoms with E-state index in [1.807, 2.05) is 0 Å². The lowest BCUT2D eigenvalue weighted by atomic mass is 9.99. The Balaban J connectivity index is 1.32. The Morgan fingerprint density at radius 2 is 1.45 bits per heavy atom. The van der Waals surface area contributed by atoms with Crippen LogP contribution < -0.4 is 20.7 Å². The quantitative estimate of drug-likeness (QED) is 0.579. The summed E-state index contributed by atoms with van der Waals surface area (Å²) in [6, 6.07) is 18.3. The maximum atomic E-state index is 3.34. The summed E-state index contributed by atoms with van der Waals surface area (Å²) in [4.78, 5) is 5.09. The number of hydrazine groups is 1. The first-order chi connectivity index (χ1) is 14.2. The molecule has 4 nitrogen and oxygen atoms in total. The molecule has 2 saturated heterocycles. The molecule has 4 heteroatoms. The molecule has 29 heavy (non-hydrogen) atoms. The number of hydrogen-bond donors (Lipinski definition) is 2. The monoisotopic (exact) mass is 392 g/mol. The summed E-state index contributed by atoms with van der Waals surface area (Å²) < 4.78 is 0. The fourth-order valence-corrected chi connectivity index (χ4v) is 4.83. The molecular formula is C25H36N4. The molecular weight excluding hydrogens is 356 g/mol. The van der Waals surface area contributed by atoms with Crippen LogP contribution in [0.4, 0.5) is 22.7 Å². The van der Waals surface area contributed by atoms with Gasteiger partial charge in [-0.2, -0.15) is 0 Å². The molecule has 2 fully saturated rings. The number of nitrogens with one attached hydrogen (secondary N) is 2. The number of piperidine rings is 2. The van der Waals surface area contributed by atoms with Crippen LogP contribution in [-0.4, -0.2) is 25.7 Å². The first kappa shape index (κ1) is 19.9. The Morgan fingerprint density at radius 3 is 2.07 bits per heavy atom. The molecule has 2 aromatic rings. The van der Waals surface area contributed by atoms with Crippen LogP contribution in [0.3, 0.4) is 0 Å². The Kier molecular flexibility index (Phi) is 6.48. The Bertz CT molecular complexity index is 755. The van der Waals surface area contributed by atoms with Crippen LogP contribution in [-0.2, 0) is 0 Å². The van der Waals surface area contributed by atoms with Crippen molar-refractivity contribution >= 4 is 22.7 Å². The zero-order valence-corrected chi connectivity index (χ0v) is 18.0. The Morgan fingerprint density at radius 1 is 0.793 bits per heavy atom. The van der Waals surface area contributed by atoms with E-state index in [0.29, 0.717) is 6.04 Å². The third kappa shape index (κ3) is 4.98. The fraction of sp³-hybridized carbons (Fsp3) is 0.520. The average molecular weight is 393 g/mol. The highest BCUT2D eigenvalue weighted by Crippen LogP contribution is 2.28. The van der Waals surface area contributed by atoms with Gasteiger partial charge in [0.25, 0.3) is 0 Å². The molecule has 156 valence electrons. The van der Waals surface area contributed by atoms with Crippen molar-refractivity contribution in [3.8, 4) is 0 Å². The molecule has 2 aliphatic heterocycles. The highest BCUT2D eigenvalue weighted by Gasteiger charge is 2.20. The minimum Gasteiger partial charge on any atom is -0.371 e. The van der Waals surface area contributed by atoms with Crippen LogP contribution in [0, 0.1) is 5.92 Å². The summed E-state index contributed by atoms with van der Waals surface area (Å²) in [5.74, 6) is 0.795. The van der Waals surface area contributed by atoms with Crippen LogP contribution in [0.5, 0.6) is 0 Å². The molecule has 0 spiro atoms. The largest absolute Gasteiger partial charge is 0.371 e. The third-order valence-electron chi connectivity index (χ3n) is 6.54. The first-order valence-electron chi connectivity index (χ1n) is 11.5. The summed E-state index contributed by atoms with van der Waals surface area (Å²) in [7, 11) is 0. The molecule has 2 N–H and O–H groups in total. The van der Waals surface area contributed by atoms with Crippen molar-refractivity contribution in [3.63, 3.8) is 0 Å². The summed E-state index contributed by atoms with van der Waals surface area (Å²) in [6.45, 7) is 8.20. The van der Waals surface area contributed by atoms with Crippen LogP contribution in [0.15, 0.2) is 48.5 Å². The molecule has 2 heterocycles. The fourth-order valence-electron chi connectivity index (χ4n) is 4.83. The molecule has 0 aliphatic carbocycles. The number of hydrogen-bond acceptors (Lipinski definition) is 4. The van der Waals surface area contributed by atoms with Gasteiger partial charge in [0.2, 0.25) is 0 Å². The van der Waals surface area contributed by atoms with Gasteiger partial charge in [-0.05, 0) is 93.0 Å². The van der Waals surface area contributed by atoms with E-state index in [4.69, 9.17) is 0 Å². The second-order valence-electron chi connectivity index (χ2n) is 8.79. The van der Waals surface area contributed by atoms with E-state index in [9.17, 15) is 0 Å². The van der Waals surface area contributed by atoms with E-state index in [1.54, 1.807) is 0 Å². The maximum absolute atomic E-state index is 3.34. The smallest absolute Gasteiger partial charge is 0.0541 e. The Hall–Kier alpha value is -2.36. The molecule has 0 radical (unpaired) electrons. The third-order valence-corrected chi connectivity index (χ3v) is 6.54. The second-order valence-corrected chi connectivity index (χ2v) is 8.79. The van der Waals surface area contributed by atoms with E-state index in [0.717, 1.165) is 17.3 Å². The van der Waals surface area contributed by atoms with Gasteiger partial charge in [-0.25, -0.2) is 0 Å². The van der Waals surface area contributed by atoms with Gasteiger partial charge >= 0.3 is 0 Å². The van der Waals surface area contributed by atoms with Crippen molar-refractivity contribution < 1.29 is 0 Å². The molecule has 2 unspecified atom stereocenters. The van der Waals surface area contributed by atoms with E-state index in [2.05, 4.69) is 83.0 Å². The number of anilines is 4. The lowest BCUT2D eigenvalue weighted by molar-refractivity contribution is 0.447. The SMILES string of the molecule is CCC1CCCCN1c1ccc(NNc2ccc(N3CCCC(C)C3)cc2)cc1. The first-order valence-corrected chi connectivity index (χ1v) is 11.5. The van der Waals surface area contributed by atoms with Crippen molar-refractivity contribution in [2.45, 2.75) is 58.4 Å². The minimum absolute atomic E-state index is 0.696. The van der Waals surface area contributed by atoms with Crippen LogP contribution >= 0.6 is 0 Å². The van der Waals surface area contributed by atoms with Gasteiger partial charge in [0.15, 0.2) is 0 Å². The van der Waals surface area contributed by atoms with E-state index in [-0.39, 0.29) is 0 Å². The summed E-state index contributed by atoms with van der Waals surface area (Å²) >= 11 is 0. The lowest BCUT2D eigenvalue weighted by Gasteiger charge is -2.37. The van der Waals surface area contributed by atoms with Crippen LogP contribution in [0.2, 0.25) is 0 Å². The number of rotatable bonds is 6. The predicted molar refractivity (Wildman–Crippen MR) is 126 cm³/mol. The number of benzene rings is 2. The molecule has 0 saturated carbocycles. The van der Waals surface area contributed by atoms with E-state index in [1.165, 1.54) is 69.5 Å². The zero-order valence-electron chi connectivity index (χ0n) is 18.0. The van der Waals surface area contributed by atoms with Gasteiger partial charge in [0.05, 0.1) is 11.4 Å². The Labute approximate surface area is 176 Å². The minimum atomic E-state index is 0.696. The normalized spacial score (nSPS) is 22.4. The van der Waals surface area contributed by atoms with Crippen LogP contribution in [0.1, 0.15) is 52.4 Å². The topological polar surface area (TPSA) is 30.5 Å². The molecule has 0 aromatic heterocycles. The second kappa shape index (κ2) is 9.43. The highest BCUT2D eigenvalue weighted by atomic mass is 15.4. The van der Waals surface area contributed by atoms with Gasteiger partial charge in [-0.15, -0.1) is 0 Å². The van der Waals surface area contributed by atoms with Crippen LogP contribution in [0.25, 0.3) is 0 Å². The van der Waals surface area contributed by atoms with Gasteiger partial charge in [0.1, 0.15) is 0 Å². The van der Waals surface area contributed by atoms with Crippen molar-refractivity contribution in [3.05, 3.63) is 48.5 Å². The highest BCUT2D eigenvalue weighted by molar-refractivity contribution is 5.60. The maximum Gasteiger partial charge on any atom is 0.0541 e. The lowest BCUT2D eigenvalue weighted by Crippen LogP contribution is -2.39. The molecule has 0 amide bonds. The van der Waals surface area contributed by atoms with Gasteiger partial charge in [0, 0.05) is 37.1 Å². The average Bonchev–Trinajstić information content (AvgIpc) is 2.78. The predicted octanol–water partition coefficient (Wildman–Crippen LogP) is 6.13. The number of nitrogens with zero attached hydrogens (tertiary/aromatic N) is 2. The molecule has 4 rings (SSSR count). The van der Waals surface area contributed by atoms with Crippen molar-refractivity contribution in [2.24, 2.45) is 5.92 Å². The summed E-state index contributed by atoms with van der Waals surface area (Å²) in [6.07, 6.45) is 7.89. The molecule has 2 aromatic carbocycles. The summed E-state index contributed by atoms with van der Waals surface area (Å²) in [5, 5.41) is 0. The van der Waals surface area contributed by atoms with Gasteiger partial charge < -0.3 is 20.7 Å². The summed E-state index contributed by atoms with van der Waals surface area (Å²) in [5.41, 5.74) is 11.5. The van der Waals surface area contributed by atoms with E-state index < -0.39 is 0 Å². The van der Waals surface area contributed by atoms with Crippen molar-refractivity contribution in [1.82, 2.24) is 0 Å². The van der Waals surface area contributed by atoms with Crippen molar-refractivity contribution in [1.29, 1.82) is 0 Å².